The van der Waals surface area contributed by atoms with Gasteiger partial charge >= 0.3 is 0 Å². The van der Waals surface area contributed by atoms with E-state index in [4.69, 9.17) is 23.2 Å². The van der Waals surface area contributed by atoms with Crippen molar-refractivity contribution in [2.75, 3.05) is 0 Å². The van der Waals surface area contributed by atoms with Crippen molar-refractivity contribution in [1.82, 2.24) is 4.98 Å². The third-order valence-electron chi connectivity index (χ3n) is 2.12. The van der Waals surface area contributed by atoms with Crippen LogP contribution < -0.4 is 0 Å². The van der Waals surface area contributed by atoms with Crippen molar-refractivity contribution in [3.63, 3.8) is 0 Å². The smallest absolute Gasteiger partial charge is 0.195 e. The third-order valence-corrected chi connectivity index (χ3v) is 2.74. The van der Waals surface area contributed by atoms with E-state index in [1.165, 1.54) is 6.07 Å². The first-order valence-electron chi connectivity index (χ1n) is 4.23. The Balaban J connectivity index is 2.86. The van der Waals surface area contributed by atoms with Crippen LogP contribution in [0.25, 0.3) is 10.9 Å². The Morgan fingerprint density at radius 3 is 2.44 bits per heavy atom. The number of nitrogens with zero attached hydrogens (tertiary/aromatic N) is 1. The van der Waals surface area contributed by atoms with E-state index < -0.39 is 17.5 Å². The number of rotatable bonds is 1. The highest BCUT2D eigenvalue weighted by molar-refractivity contribution is 6.31. The molecule has 16 heavy (non-hydrogen) atoms. The number of halogens is 5. The molecule has 0 radical (unpaired) electrons. The van der Waals surface area contributed by atoms with Crippen LogP contribution in [0.5, 0.6) is 0 Å². The van der Waals surface area contributed by atoms with Crippen molar-refractivity contribution >= 4 is 34.1 Å². The van der Waals surface area contributed by atoms with Gasteiger partial charge in [-0.05, 0) is 6.07 Å². The monoisotopic (exact) mass is 265 g/mol. The van der Waals surface area contributed by atoms with E-state index in [2.05, 4.69) is 4.98 Å². The van der Waals surface area contributed by atoms with Crippen LogP contribution in [0.15, 0.2) is 12.1 Å². The Labute approximate surface area is 98.8 Å². The molecule has 0 unspecified atom stereocenters. The number of aromatic nitrogens is 1. The van der Waals surface area contributed by atoms with Gasteiger partial charge in [0.05, 0.1) is 11.4 Å². The molecule has 0 fully saturated rings. The van der Waals surface area contributed by atoms with E-state index in [1.807, 2.05) is 0 Å². The standard InChI is InChI=1S/C10H4Cl2F3N/c11-3-4-1-5-7(16-10(4)12)2-6(13)9(15)8(5)14/h1-2H,3H2. The van der Waals surface area contributed by atoms with Gasteiger partial charge in [-0.2, -0.15) is 0 Å². The number of hydrogen-bond acceptors (Lipinski definition) is 1. The van der Waals surface area contributed by atoms with Gasteiger partial charge < -0.3 is 0 Å². The quantitative estimate of drug-likeness (QED) is 0.431. The first kappa shape index (κ1) is 11.5. The van der Waals surface area contributed by atoms with Crippen molar-refractivity contribution in [3.8, 4) is 0 Å². The van der Waals surface area contributed by atoms with Crippen LogP contribution in [0.1, 0.15) is 5.56 Å². The molecule has 0 saturated heterocycles. The fourth-order valence-electron chi connectivity index (χ4n) is 1.33. The molecule has 0 saturated carbocycles. The molecule has 0 amide bonds. The second-order valence-corrected chi connectivity index (χ2v) is 3.75. The number of alkyl halides is 1. The summed E-state index contributed by atoms with van der Waals surface area (Å²) in [6, 6.07) is 2.05. The van der Waals surface area contributed by atoms with E-state index in [-0.39, 0.29) is 21.9 Å². The summed E-state index contributed by atoms with van der Waals surface area (Å²) in [5, 5.41) is -0.0909. The number of benzene rings is 1. The van der Waals surface area contributed by atoms with Crippen molar-refractivity contribution in [2.24, 2.45) is 0 Å². The molecule has 0 aliphatic carbocycles. The molecule has 1 aromatic heterocycles. The average molecular weight is 266 g/mol. The lowest BCUT2D eigenvalue weighted by atomic mass is 10.1. The van der Waals surface area contributed by atoms with Crippen molar-refractivity contribution in [2.45, 2.75) is 5.88 Å². The summed E-state index contributed by atoms with van der Waals surface area (Å²) < 4.78 is 39.2. The fourth-order valence-corrected chi connectivity index (χ4v) is 1.82. The minimum absolute atomic E-state index is 0.0141. The maximum Gasteiger partial charge on any atom is 0.195 e. The van der Waals surface area contributed by atoms with Gasteiger partial charge in [0.25, 0.3) is 0 Å². The first-order valence-corrected chi connectivity index (χ1v) is 5.14. The van der Waals surface area contributed by atoms with Crippen molar-refractivity contribution < 1.29 is 13.2 Å². The summed E-state index contributed by atoms with van der Waals surface area (Å²) in [6.45, 7) is 0. The Hall–Kier alpha value is -1.00. The Bertz CT molecular complexity index is 572. The summed E-state index contributed by atoms with van der Waals surface area (Å²) in [6.07, 6.45) is 0. The van der Waals surface area contributed by atoms with Gasteiger partial charge in [0.1, 0.15) is 5.15 Å². The highest BCUT2D eigenvalue weighted by Gasteiger charge is 2.16. The molecule has 0 bridgehead atoms. The summed E-state index contributed by atoms with van der Waals surface area (Å²) >= 11 is 11.3. The zero-order valence-corrected chi connectivity index (χ0v) is 9.21. The van der Waals surface area contributed by atoms with Crippen LogP contribution in [-0.4, -0.2) is 4.98 Å². The minimum Gasteiger partial charge on any atom is -0.236 e. The SMILES string of the molecule is Fc1cc2nc(Cl)c(CCl)cc2c(F)c1F. The highest BCUT2D eigenvalue weighted by Crippen LogP contribution is 2.26. The third kappa shape index (κ3) is 1.72. The first-order chi connectivity index (χ1) is 7.54. The van der Waals surface area contributed by atoms with Gasteiger partial charge in [0.2, 0.25) is 0 Å². The molecule has 0 aliphatic heterocycles. The number of hydrogen-bond donors (Lipinski definition) is 0. The molecule has 1 heterocycles. The fraction of sp³-hybridized carbons (Fsp3) is 0.100. The molecular formula is C10H4Cl2F3N. The average Bonchev–Trinajstić information content (AvgIpc) is 2.26. The van der Waals surface area contributed by atoms with Crippen LogP contribution in [0.3, 0.4) is 0 Å². The topological polar surface area (TPSA) is 12.9 Å². The van der Waals surface area contributed by atoms with Gasteiger partial charge in [0, 0.05) is 17.0 Å². The van der Waals surface area contributed by atoms with Crippen LogP contribution in [-0.2, 0) is 5.88 Å². The normalized spacial score (nSPS) is 11.1. The minimum atomic E-state index is -1.53. The maximum atomic E-state index is 13.4. The van der Waals surface area contributed by atoms with E-state index in [0.29, 0.717) is 5.56 Å². The lowest BCUT2D eigenvalue weighted by molar-refractivity contribution is 0.453. The maximum absolute atomic E-state index is 13.4. The molecule has 2 aromatic rings. The van der Waals surface area contributed by atoms with Crippen LogP contribution in [0, 0.1) is 17.5 Å². The van der Waals surface area contributed by atoms with Gasteiger partial charge in [-0.3, -0.25) is 0 Å². The summed E-state index contributed by atoms with van der Waals surface area (Å²) in [4.78, 5) is 3.74. The van der Waals surface area contributed by atoms with E-state index in [0.717, 1.165) is 6.07 Å². The van der Waals surface area contributed by atoms with Crippen molar-refractivity contribution in [1.29, 1.82) is 0 Å². The van der Waals surface area contributed by atoms with E-state index in [9.17, 15) is 13.2 Å². The largest absolute Gasteiger partial charge is 0.236 e. The van der Waals surface area contributed by atoms with Gasteiger partial charge in [0.15, 0.2) is 17.5 Å². The van der Waals surface area contributed by atoms with Crippen LogP contribution in [0.2, 0.25) is 5.15 Å². The molecule has 2 rings (SSSR count). The molecule has 1 aromatic carbocycles. The lowest BCUT2D eigenvalue weighted by Crippen LogP contribution is -1.96. The van der Waals surface area contributed by atoms with Gasteiger partial charge in [-0.25, -0.2) is 18.2 Å². The van der Waals surface area contributed by atoms with E-state index in [1.54, 1.807) is 0 Å². The molecule has 0 aliphatic rings. The highest BCUT2D eigenvalue weighted by atomic mass is 35.5. The Morgan fingerprint density at radius 1 is 1.12 bits per heavy atom. The predicted molar refractivity (Wildman–Crippen MR) is 56.2 cm³/mol. The molecule has 0 N–H and O–H groups in total. The Morgan fingerprint density at radius 2 is 1.81 bits per heavy atom. The van der Waals surface area contributed by atoms with Crippen molar-refractivity contribution in [3.05, 3.63) is 40.3 Å². The summed E-state index contributed by atoms with van der Waals surface area (Å²) in [5.74, 6) is -4.10. The molecule has 6 heteroatoms. The van der Waals surface area contributed by atoms with E-state index >= 15 is 0 Å². The molecule has 0 atom stereocenters. The molecule has 84 valence electrons. The zero-order valence-electron chi connectivity index (χ0n) is 7.70. The summed E-state index contributed by atoms with van der Waals surface area (Å²) in [7, 11) is 0. The molecular weight excluding hydrogens is 262 g/mol. The van der Waals surface area contributed by atoms with Gasteiger partial charge in [-0.15, -0.1) is 11.6 Å². The number of pyridine rings is 1. The zero-order chi connectivity index (χ0) is 11.9. The molecule has 1 nitrogen and oxygen atoms in total. The Kier molecular flexibility index (Phi) is 2.95. The van der Waals surface area contributed by atoms with Crippen LogP contribution >= 0.6 is 23.2 Å². The predicted octanol–water partition coefficient (Wildman–Crippen LogP) is 4.04. The summed E-state index contributed by atoms with van der Waals surface area (Å²) in [5.41, 5.74) is 0.316. The molecule has 0 spiro atoms. The van der Waals surface area contributed by atoms with Gasteiger partial charge in [-0.1, -0.05) is 11.6 Å². The number of fused-ring (bicyclic) bond motifs is 1. The second kappa shape index (κ2) is 4.11. The lowest BCUT2D eigenvalue weighted by Gasteiger charge is -2.05. The van der Waals surface area contributed by atoms with Crippen LogP contribution in [0.4, 0.5) is 13.2 Å². The second-order valence-electron chi connectivity index (χ2n) is 3.12.